The van der Waals surface area contributed by atoms with E-state index in [-0.39, 0.29) is 12.4 Å². The number of Topliss-reactive ketones (excluding diaryl/α,β-unsaturated/α-hetero) is 1. The number of aromatic nitrogens is 2. The van der Waals surface area contributed by atoms with Gasteiger partial charge >= 0.3 is 5.69 Å². The zero-order chi connectivity index (χ0) is 32.2. The van der Waals surface area contributed by atoms with E-state index in [2.05, 4.69) is 0 Å². The van der Waals surface area contributed by atoms with Crippen molar-refractivity contribution in [3.63, 3.8) is 0 Å². The van der Waals surface area contributed by atoms with Crippen LogP contribution in [0.3, 0.4) is 0 Å². The molecular weight excluding hydrogens is 596 g/mol. The lowest BCUT2D eigenvalue weighted by molar-refractivity contribution is -0.248. The van der Waals surface area contributed by atoms with Crippen LogP contribution in [0.15, 0.2) is 82.4 Å². The zero-order valence-electron chi connectivity index (χ0n) is 24.7. The van der Waals surface area contributed by atoms with Crippen molar-refractivity contribution in [2.75, 3.05) is 14.2 Å². The maximum Gasteiger partial charge on any atom is 0.332 e. The molecule has 0 unspecified atom stereocenters. The van der Waals surface area contributed by atoms with Crippen molar-refractivity contribution < 1.29 is 24.2 Å². The number of rotatable bonds is 10. The highest BCUT2D eigenvalue weighted by Gasteiger charge is 2.20. The second-order valence-corrected chi connectivity index (χ2v) is 11.2. The van der Waals surface area contributed by atoms with Crippen molar-refractivity contribution >= 4 is 39.3 Å². The summed E-state index contributed by atoms with van der Waals surface area (Å²) in [7, 11) is 3.01. The van der Waals surface area contributed by atoms with E-state index in [4.69, 9.17) is 14.9 Å². The van der Waals surface area contributed by atoms with Crippen LogP contribution in [-0.2, 0) is 19.5 Å². The molecule has 0 spiro atoms. The standard InChI is InChI=1S/C33H30N4O7S/c1-4-23-16-26-30(39)36(18-27(38)19-11-13-22(43-2)14-12-19)33(42)37(31(26)45-23)17-21-10-9-20(15-28(21)44-3)24-7-5-6-8-25(24)29(34)35-32(40)41/h5-16H,4,17-18H2,1-3H3,(H2,34,35)(H,40,41)/p-1. The number of amidine groups is 1. The predicted molar refractivity (Wildman–Crippen MR) is 170 cm³/mol. The summed E-state index contributed by atoms with van der Waals surface area (Å²) in [4.78, 5) is 53.0. The first kappa shape index (κ1) is 31.0. The zero-order valence-corrected chi connectivity index (χ0v) is 25.5. The van der Waals surface area contributed by atoms with Crippen LogP contribution in [0.25, 0.3) is 21.3 Å². The molecule has 11 nitrogen and oxygen atoms in total. The van der Waals surface area contributed by atoms with E-state index in [1.54, 1.807) is 72.8 Å². The van der Waals surface area contributed by atoms with Crippen molar-refractivity contribution in [2.45, 2.75) is 26.4 Å². The Labute approximate surface area is 261 Å². The summed E-state index contributed by atoms with van der Waals surface area (Å²) in [5.41, 5.74) is 1.38. The molecule has 0 bridgehead atoms. The van der Waals surface area contributed by atoms with E-state index < -0.39 is 29.7 Å². The number of carbonyl (C=O) groups is 2. The van der Waals surface area contributed by atoms with Gasteiger partial charge in [0, 0.05) is 21.6 Å². The van der Waals surface area contributed by atoms with Crippen LogP contribution in [0.1, 0.15) is 33.3 Å². The molecule has 0 fully saturated rings. The van der Waals surface area contributed by atoms with Gasteiger partial charge in [-0.15, -0.1) is 11.3 Å². The second kappa shape index (κ2) is 13.0. The summed E-state index contributed by atoms with van der Waals surface area (Å²) >= 11 is 1.35. The van der Waals surface area contributed by atoms with E-state index >= 15 is 0 Å². The molecule has 2 aromatic heterocycles. The Balaban J connectivity index is 1.57. The van der Waals surface area contributed by atoms with Crippen LogP contribution in [0.5, 0.6) is 11.5 Å². The first-order valence-corrected chi connectivity index (χ1v) is 14.7. The summed E-state index contributed by atoms with van der Waals surface area (Å²) in [6, 6.07) is 20.3. The van der Waals surface area contributed by atoms with Gasteiger partial charge in [0.1, 0.15) is 28.3 Å². The smallest absolute Gasteiger partial charge is 0.332 e. The maximum atomic E-state index is 13.9. The molecule has 3 aromatic carbocycles. The Bertz CT molecular complexity index is 2060. The van der Waals surface area contributed by atoms with Crippen molar-refractivity contribution in [2.24, 2.45) is 0 Å². The van der Waals surface area contributed by atoms with Gasteiger partial charge in [-0.3, -0.25) is 24.1 Å². The highest BCUT2D eigenvalue weighted by Crippen LogP contribution is 2.31. The first-order chi connectivity index (χ1) is 21.6. The number of aryl methyl sites for hydroxylation is 1. The number of thiophene rings is 1. The van der Waals surface area contributed by atoms with E-state index in [0.29, 0.717) is 56.0 Å². The molecule has 1 amide bonds. The minimum absolute atomic E-state index is 0.0448. The quantitative estimate of drug-likeness (QED) is 0.136. The average Bonchev–Trinajstić information content (AvgIpc) is 3.49. The number of benzene rings is 3. The number of ether oxygens (including phenoxy) is 2. The first-order valence-electron chi connectivity index (χ1n) is 13.9. The van der Waals surface area contributed by atoms with Crippen LogP contribution in [-0.4, -0.2) is 41.1 Å². The lowest BCUT2D eigenvalue weighted by Gasteiger charge is -2.16. The molecule has 0 saturated heterocycles. The SMILES string of the molecule is CCc1cc2c(=O)n(CC(=O)c3ccc(OC)cc3)c(=O)n(Cc3ccc(-c4ccccc4C(=N)NC(=O)[O-])cc3OC)c2s1. The van der Waals surface area contributed by atoms with Gasteiger partial charge in [-0.05, 0) is 53.9 Å². The summed E-state index contributed by atoms with van der Waals surface area (Å²) in [5.74, 6) is 0.279. The monoisotopic (exact) mass is 625 g/mol. The van der Waals surface area contributed by atoms with Gasteiger partial charge in [0.25, 0.3) is 5.56 Å². The largest absolute Gasteiger partial charge is 0.530 e. The number of hydrogen-bond acceptors (Lipinski definition) is 9. The number of ketones is 1. The molecule has 2 heterocycles. The number of nitrogens with one attached hydrogen (secondary N) is 2. The molecule has 0 atom stereocenters. The predicted octanol–water partition coefficient (Wildman–Crippen LogP) is 3.66. The van der Waals surface area contributed by atoms with Crippen LogP contribution in [0, 0.1) is 5.41 Å². The Kier molecular flexibility index (Phi) is 8.96. The van der Waals surface area contributed by atoms with Crippen LogP contribution >= 0.6 is 11.3 Å². The highest BCUT2D eigenvalue weighted by atomic mass is 32.1. The number of fused-ring (bicyclic) bond motifs is 1. The molecule has 0 saturated carbocycles. The van der Waals surface area contributed by atoms with Crippen LogP contribution < -0.4 is 31.1 Å². The van der Waals surface area contributed by atoms with Gasteiger partial charge in [0.2, 0.25) is 0 Å². The van der Waals surface area contributed by atoms with E-state index in [1.165, 1.54) is 30.1 Å². The Hall–Kier alpha value is -5.49. The van der Waals surface area contributed by atoms with Gasteiger partial charge < -0.3 is 24.7 Å². The fourth-order valence-corrected chi connectivity index (χ4v) is 6.13. The van der Waals surface area contributed by atoms with Crippen molar-refractivity contribution in [1.29, 1.82) is 5.41 Å². The molecule has 2 N–H and O–H groups in total. The summed E-state index contributed by atoms with van der Waals surface area (Å²) in [5, 5.41) is 21.5. The van der Waals surface area contributed by atoms with Gasteiger partial charge in [-0.2, -0.15) is 0 Å². The summed E-state index contributed by atoms with van der Waals surface area (Å²) in [6.07, 6.45) is -0.928. The molecule has 5 rings (SSSR count). The van der Waals surface area contributed by atoms with Crippen LogP contribution in [0.4, 0.5) is 4.79 Å². The van der Waals surface area contributed by atoms with Gasteiger partial charge in [0.15, 0.2) is 5.78 Å². The Morgan fingerprint density at radius 2 is 1.69 bits per heavy atom. The lowest BCUT2D eigenvalue weighted by Crippen LogP contribution is -2.41. The molecular formula is C33H29N4O7S-. The minimum Gasteiger partial charge on any atom is -0.530 e. The number of nitrogens with zero attached hydrogens (tertiary/aromatic N) is 2. The van der Waals surface area contributed by atoms with Gasteiger partial charge in [-0.1, -0.05) is 43.3 Å². The van der Waals surface area contributed by atoms with E-state index in [1.807, 2.05) is 12.2 Å². The third kappa shape index (κ3) is 6.27. The van der Waals surface area contributed by atoms with Gasteiger partial charge in [0.05, 0.1) is 32.7 Å². The Morgan fingerprint density at radius 3 is 2.36 bits per heavy atom. The fraction of sp³-hybridized carbons (Fsp3) is 0.182. The molecule has 0 radical (unpaired) electrons. The van der Waals surface area contributed by atoms with E-state index in [9.17, 15) is 24.3 Å². The molecule has 0 aliphatic carbocycles. The topological polar surface area (TPSA) is 156 Å². The fourth-order valence-electron chi connectivity index (χ4n) is 5.05. The number of carboxylic acid groups (broad SMARTS) is 1. The molecule has 230 valence electrons. The van der Waals surface area contributed by atoms with E-state index in [0.717, 1.165) is 9.44 Å². The molecule has 5 aromatic rings. The summed E-state index contributed by atoms with van der Waals surface area (Å²) < 4.78 is 13.3. The van der Waals surface area contributed by atoms with Crippen molar-refractivity contribution in [3.8, 4) is 22.6 Å². The number of amides is 1. The molecule has 0 aliphatic heterocycles. The maximum absolute atomic E-state index is 13.9. The molecule has 0 aliphatic rings. The highest BCUT2D eigenvalue weighted by molar-refractivity contribution is 7.18. The minimum atomic E-state index is -1.59. The Morgan fingerprint density at radius 1 is 0.956 bits per heavy atom. The third-order valence-corrected chi connectivity index (χ3v) is 8.66. The molecule has 12 heteroatoms. The normalized spacial score (nSPS) is 10.9. The van der Waals surface area contributed by atoms with Crippen molar-refractivity contribution in [3.05, 3.63) is 115 Å². The third-order valence-electron chi connectivity index (χ3n) is 7.36. The summed E-state index contributed by atoms with van der Waals surface area (Å²) in [6.45, 7) is 1.57. The number of carbonyl (C=O) groups excluding carboxylic acids is 2. The lowest BCUT2D eigenvalue weighted by atomic mass is 9.97. The van der Waals surface area contributed by atoms with Gasteiger partial charge in [-0.25, -0.2) is 4.79 Å². The second-order valence-electron chi connectivity index (χ2n) is 10.1. The number of methoxy groups -OCH3 is 2. The number of hydrogen-bond donors (Lipinski definition) is 2. The van der Waals surface area contributed by atoms with Crippen molar-refractivity contribution in [1.82, 2.24) is 14.5 Å². The van der Waals surface area contributed by atoms with Crippen LogP contribution in [0.2, 0.25) is 0 Å². The average molecular weight is 626 g/mol. The molecule has 45 heavy (non-hydrogen) atoms.